The molecule has 2 nitrogen and oxygen atoms in total. The second-order valence-electron chi connectivity index (χ2n) is 5.77. The summed E-state index contributed by atoms with van der Waals surface area (Å²) >= 11 is 12.0. The minimum Gasteiger partial charge on any atom is -0.309 e. The summed E-state index contributed by atoms with van der Waals surface area (Å²) in [6, 6.07) is 6.93. The van der Waals surface area contributed by atoms with E-state index < -0.39 is 0 Å². The van der Waals surface area contributed by atoms with Crippen LogP contribution in [0.2, 0.25) is 10.0 Å². The number of hydrogen-bond donors (Lipinski definition) is 1. The molecule has 112 valence electrons. The van der Waals surface area contributed by atoms with Crippen molar-refractivity contribution < 1.29 is 0 Å². The Labute approximate surface area is 132 Å². The molecule has 1 N–H and O–H groups in total. The van der Waals surface area contributed by atoms with Gasteiger partial charge in [0.1, 0.15) is 0 Å². The second-order valence-corrected chi connectivity index (χ2v) is 6.58. The van der Waals surface area contributed by atoms with E-state index in [0.717, 1.165) is 19.1 Å². The maximum absolute atomic E-state index is 6.06. The van der Waals surface area contributed by atoms with Crippen LogP contribution in [0.1, 0.15) is 44.2 Å². The molecule has 1 unspecified atom stereocenters. The fourth-order valence-electron chi connectivity index (χ4n) is 2.88. The highest BCUT2D eigenvalue weighted by Crippen LogP contribution is 2.25. The molecule has 1 aliphatic carbocycles. The number of hydrogen-bond acceptors (Lipinski definition) is 2. The zero-order valence-electron chi connectivity index (χ0n) is 12.3. The summed E-state index contributed by atoms with van der Waals surface area (Å²) in [5.74, 6) is 0. The molecule has 1 aliphatic rings. The molecule has 0 heterocycles. The van der Waals surface area contributed by atoms with Crippen LogP contribution < -0.4 is 5.32 Å². The Morgan fingerprint density at radius 1 is 1.25 bits per heavy atom. The lowest BCUT2D eigenvalue weighted by molar-refractivity contribution is 0.243. The van der Waals surface area contributed by atoms with Crippen LogP contribution in [0.5, 0.6) is 0 Å². The van der Waals surface area contributed by atoms with E-state index in [1.165, 1.54) is 31.2 Å². The van der Waals surface area contributed by atoms with Gasteiger partial charge < -0.3 is 10.2 Å². The molecule has 0 radical (unpaired) electrons. The molecule has 2 rings (SSSR count). The summed E-state index contributed by atoms with van der Waals surface area (Å²) in [6.07, 6.45) is 5.50. The third kappa shape index (κ3) is 4.36. The van der Waals surface area contributed by atoms with Crippen LogP contribution in [-0.2, 0) is 0 Å². The van der Waals surface area contributed by atoms with E-state index in [4.69, 9.17) is 23.2 Å². The van der Waals surface area contributed by atoms with Crippen molar-refractivity contribution in [2.75, 3.05) is 20.1 Å². The minimum absolute atomic E-state index is 0.293. The maximum atomic E-state index is 6.06. The standard InChI is InChI=1S/C16H24Cl2N2/c1-12(13-7-8-15(17)16(18)11-13)19-9-10-20(2)14-5-3-4-6-14/h7-8,11-12,14,19H,3-6,9-10H2,1-2H3. The predicted molar refractivity (Wildman–Crippen MR) is 87.8 cm³/mol. The van der Waals surface area contributed by atoms with Crippen molar-refractivity contribution in [2.45, 2.75) is 44.7 Å². The highest BCUT2D eigenvalue weighted by molar-refractivity contribution is 6.42. The zero-order valence-corrected chi connectivity index (χ0v) is 13.8. The number of benzene rings is 1. The van der Waals surface area contributed by atoms with Gasteiger partial charge in [-0.2, -0.15) is 0 Å². The lowest BCUT2D eigenvalue weighted by Gasteiger charge is -2.25. The quantitative estimate of drug-likeness (QED) is 0.830. The van der Waals surface area contributed by atoms with E-state index in [1.54, 1.807) is 0 Å². The molecule has 1 aromatic carbocycles. The van der Waals surface area contributed by atoms with Gasteiger partial charge in [-0.3, -0.25) is 0 Å². The number of nitrogens with one attached hydrogen (secondary N) is 1. The van der Waals surface area contributed by atoms with Crippen molar-refractivity contribution in [2.24, 2.45) is 0 Å². The molecule has 0 aromatic heterocycles. The molecule has 1 fully saturated rings. The Morgan fingerprint density at radius 3 is 2.60 bits per heavy atom. The summed E-state index contributed by atoms with van der Waals surface area (Å²) in [4.78, 5) is 2.49. The van der Waals surface area contributed by atoms with Gasteiger partial charge in [-0.25, -0.2) is 0 Å². The molecule has 1 aromatic rings. The van der Waals surface area contributed by atoms with E-state index >= 15 is 0 Å². The van der Waals surface area contributed by atoms with Crippen molar-refractivity contribution in [1.29, 1.82) is 0 Å². The molecule has 0 saturated heterocycles. The smallest absolute Gasteiger partial charge is 0.0595 e. The first kappa shape index (κ1) is 16.1. The summed E-state index contributed by atoms with van der Waals surface area (Å²) in [5.41, 5.74) is 1.18. The summed E-state index contributed by atoms with van der Waals surface area (Å²) in [6.45, 7) is 4.25. The second kappa shape index (κ2) is 7.65. The highest BCUT2D eigenvalue weighted by Gasteiger charge is 2.19. The predicted octanol–water partition coefficient (Wildman–Crippen LogP) is 4.52. The molecule has 4 heteroatoms. The molecule has 0 amide bonds. The van der Waals surface area contributed by atoms with Gasteiger partial charge in [-0.05, 0) is 44.5 Å². The van der Waals surface area contributed by atoms with Crippen LogP contribution in [0.3, 0.4) is 0 Å². The zero-order chi connectivity index (χ0) is 14.5. The summed E-state index contributed by atoms with van der Waals surface area (Å²) < 4.78 is 0. The number of halogens is 2. The van der Waals surface area contributed by atoms with Crippen LogP contribution in [0, 0.1) is 0 Å². The topological polar surface area (TPSA) is 15.3 Å². The van der Waals surface area contributed by atoms with Crippen LogP contribution in [0.15, 0.2) is 18.2 Å². The number of rotatable bonds is 6. The van der Waals surface area contributed by atoms with Gasteiger partial charge in [0.15, 0.2) is 0 Å². The largest absolute Gasteiger partial charge is 0.309 e. The van der Waals surface area contributed by atoms with E-state index in [-0.39, 0.29) is 0 Å². The van der Waals surface area contributed by atoms with E-state index in [9.17, 15) is 0 Å². The Kier molecular flexibility index (Phi) is 6.16. The van der Waals surface area contributed by atoms with Gasteiger partial charge >= 0.3 is 0 Å². The first-order chi connectivity index (χ1) is 9.58. The Morgan fingerprint density at radius 2 is 1.95 bits per heavy atom. The van der Waals surface area contributed by atoms with Gasteiger partial charge in [-0.1, -0.05) is 42.1 Å². The molecule has 0 aliphatic heterocycles. The average molecular weight is 315 g/mol. The van der Waals surface area contributed by atoms with E-state index in [1.807, 2.05) is 18.2 Å². The lowest BCUT2D eigenvalue weighted by Crippen LogP contribution is -2.36. The summed E-state index contributed by atoms with van der Waals surface area (Å²) in [7, 11) is 2.24. The molecular weight excluding hydrogens is 291 g/mol. The van der Waals surface area contributed by atoms with Gasteiger partial charge in [-0.15, -0.1) is 0 Å². The number of likely N-dealkylation sites (N-methyl/N-ethyl adjacent to an activating group) is 1. The van der Waals surface area contributed by atoms with Gasteiger partial charge in [0, 0.05) is 25.2 Å². The third-order valence-corrected chi connectivity index (χ3v) is 5.05. The molecule has 1 atom stereocenters. The van der Waals surface area contributed by atoms with E-state index in [2.05, 4.69) is 24.2 Å². The Bertz CT molecular complexity index is 430. The van der Waals surface area contributed by atoms with Crippen LogP contribution in [0.4, 0.5) is 0 Å². The third-order valence-electron chi connectivity index (χ3n) is 4.31. The van der Waals surface area contributed by atoms with Crippen LogP contribution >= 0.6 is 23.2 Å². The minimum atomic E-state index is 0.293. The molecule has 1 saturated carbocycles. The van der Waals surface area contributed by atoms with Crippen molar-refractivity contribution >= 4 is 23.2 Å². The van der Waals surface area contributed by atoms with Crippen molar-refractivity contribution in [3.63, 3.8) is 0 Å². The first-order valence-electron chi connectivity index (χ1n) is 7.46. The molecule has 0 bridgehead atoms. The normalized spacial score (nSPS) is 17.9. The first-order valence-corrected chi connectivity index (χ1v) is 8.22. The van der Waals surface area contributed by atoms with Gasteiger partial charge in [0.05, 0.1) is 10.0 Å². The average Bonchev–Trinajstić information content (AvgIpc) is 2.95. The highest BCUT2D eigenvalue weighted by atomic mass is 35.5. The molecule has 0 spiro atoms. The fraction of sp³-hybridized carbons (Fsp3) is 0.625. The van der Waals surface area contributed by atoms with Crippen LogP contribution in [-0.4, -0.2) is 31.1 Å². The van der Waals surface area contributed by atoms with Gasteiger partial charge in [0.2, 0.25) is 0 Å². The van der Waals surface area contributed by atoms with Crippen molar-refractivity contribution in [3.05, 3.63) is 33.8 Å². The molecule has 20 heavy (non-hydrogen) atoms. The van der Waals surface area contributed by atoms with Crippen molar-refractivity contribution in [3.8, 4) is 0 Å². The fourth-order valence-corrected chi connectivity index (χ4v) is 3.19. The van der Waals surface area contributed by atoms with Gasteiger partial charge in [0.25, 0.3) is 0 Å². The maximum Gasteiger partial charge on any atom is 0.0595 e. The Balaban J connectivity index is 1.76. The molecular formula is C16H24Cl2N2. The van der Waals surface area contributed by atoms with E-state index in [0.29, 0.717) is 16.1 Å². The number of nitrogens with zero attached hydrogens (tertiary/aromatic N) is 1. The summed E-state index contributed by atoms with van der Waals surface area (Å²) in [5, 5.41) is 4.80. The monoisotopic (exact) mass is 314 g/mol. The Hall–Kier alpha value is -0.280. The lowest BCUT2D eigenvalue weighted by atomic mass is 10.1. The van der Waals surface area contributed by atoms with Crippen LogP contribution in [0.25, 0.3) is 0 Å². The SMILES string of the molecule is CC(NCCN(C)C1CCCC1)c1ccc(Cl)c(Cl)c1. The van der Waals surface area contributed by atoms with Crippen molar-refractivity contribution in [1.82, 2.24) is 10.2 Å².